The molecule has 3 rings (SSSR count). The smallest absolute Gasteiger partial charge is 0.262 e. The molecule has 2 N–H and O–H groups in total. The van der Waals surface area contributed by atoms with Crippen molar-refractivity contribution in [3.05, 3.63) is 59.9 Å². The molecular formula is C21H22N4O4. The van der Waals surface area contributed by atoms with Crippen LogP contribution in [0.15, 0.2) is 48.5 Å². The fourth-order valence-corrected chi connectivity index (χ4v) is 2.84. The maximum absolute atomic E-state index is 12.2. The normalized spacial score (nSPS) is 10.9. The van der Waals surface area contributed by atoms with Gasteiger partial charge in [-0.25, -0.2) is 4.98 Å². The molecule has 1 aromatic heterocycles. The van der Waals surface area contributed by atoms with Gasteiger partial charge in [-0.3, -0.25) is 20.4 Å². The molecule has 3 aromatic rings. The van der Waals surface area contributed by atoms with E-state index in [1.165, 1.54) is 13.2 Å². The van der Waals surface area contributed by atoms with Gasteiger partial charge >= 0.3 is 0 Å². The summed E-state index contributed by atoms with van der Waals surface area (Å²) in [6, 6.07) is 12.9. The highest BCUT2D eigenvalue weighted by molar-refractivity contribution is 5.93. The second kappa shape index (κ2) is 8.92. The van der Waals surface area contributed by atoms with Gasteiger partial charge in [0.25, 0.3) is 5.91 Å². The van der Waals surface area contributed by atoms with Gasteiger partial charge in [-0.15, -0.1) is 0 Å². The highest BCUT2D eigenvalue weighted by atomic mass is 16.5. The Balaban J connectivity index is 1.57. The maximum atomic E-state index is 12.2. The third-order valence-electron chi connectivity index (χ3n) is 4.38. The molecule has 0 fully saturated rings. The second-order valence-electron chi connectivity index (χ2n) is 6.23. The van der Waals surface area contributed by atoms with E-state index in [1.54, 1.807) is 31.4 Å². The standard InChI is InChI=1S/C21H22N4O4/c1-25-17-7-5-4-6-16(17)22-19(25)13-21(27)24-23-20(26)11-9-14-8-10-15(28-2)12-18(14)29-3/h4-12H,13H2,1-3H3,(H,23,26)(H,24,27). The number of ether oxygens (including phenoxy) is 2. The van der Waals surface area contributed by atoms with Crippen LogP contribution in [-0.2, 0) is 23.1 Å². The van der Waals surface area contributed by atoms with E-state index in [1.807, 2.05) is 35.9 Å². The van der Waals surface area contributed by atoms with Crippen molar-refractivity contribution in [1.82, 2.24) is 20.4 Å². The minimum absolute atomic E-state index is 0.0431. The van der Waals surface area contributed by atoms with Crippen LogP contribution in [0.2, 0.25) is 0 Å². The summed E-state index contributed by atoms with van der Waals surface area (Å²) in [4.78, 5) is 28.6. The number of hydrogen-bond acceptors (Lipinski definition) is 5. The summed E-state index contributed by atoms with van der Waals surface area (Å²) in [6.45, 7) is 0. The molecule has 0 radical (unpaired) electrons. The van der Waals surface area contributed by atoms with Gasteiger partial charge in [-0.2, -0.15) is 0 Å². The molecule has 150 valence electrons. The molecule has 0 spiro atoms. The first-order valence-electron chi connectivity index (χ1n) is 8.91. The Labute approximate surface area is 168 Å². The Morgan fingerprint density at radius 3 is 2.62 bits per heavy atom. The molecule has 0 aliphatic heterocycles. The lowest BCUT2D eigenvalue weighted by Gasteiger charge is -2.08. The van der Waals surface area contributed by atoms with Crippen LogP contribution in [0.3, 0.4) is 0 Å². The van der Waals surface area contributed by atoms with Crippen LogP contribution in [0, 0.1) is 0 Å². The van der Waals surface area contributed by atoms with Gasteiger partial charge in [0.05, 0.1) is 31.7 Å². The van der Waals surface area contributed by atoms with E-state index < -0.39 is 5.91 Å². The van der Waals surface area contributed by atoms with Gasteiger partial charge in [-0.1, -0.05) is 12.1 Å². The van der Waals surface area contributed by atoms with Gasteiger partial charge in [0, 0.05) is 24.8 Å². The third-order valence-corrected chi connectivity index (χ3v) is 4.38. The van der Waals surface area contributed by atoms with E-state index in [9.17, 15) is 9.59 Å². The van der Waals surface area contributed by atoms with Gasteiger partial charge in [-0.05, 0) is 30.3 Å². The molecule has 0 unspecified atom stereocenters. The van der Waals surface area contributed by atoms with Gasteiger partial charge in [0.1, 0.15) is 17.3 Å². The SMILES string of the molecule is COc1ccc(C=CC(=O)NNC(=O)Cc2nc3ccccc3n2C)c(OC)c1. The third kappa shape index (κ3) is 4.73. The number of aromatic nitrogens is 2. The number of nitrogens with zero attached hydrogens (tertiary/aromatic N) is 2. The lowest BCUT2D eigenvalue weighted by atomic mass is 10.1. The van der Waals surface area contributed by atoms with Crippen LogP contribution in [0.4, 0.5) is 0 Å². The van der Waals surface area contributed by atoms with Crippen molar-refractivity contribution in [3.8, 4) is 11.5 Å². The molecule has 0 aliphatic rings. The number of benzene rings is 2. The van der Waals surface area contributed by atoms with Crippen molar-refractivity contribution >= 4 is 28.9 Å². The fourth-order valence-electron chi connectivity index (χ4n) is 2.84. The molecule has 0 atom stereocenters. The minimum Gasteiger partial charge on any atom is -0.497 e. The zero-order valence-corrected chi connectivity index (χ0v) is 16.4. The fraction of sp³-hybridized carbons (Fsp3) is 0.190. The Morgan fingerprint density at radius 1 is 1.10 bits per heavy atom. The predicted octanol–water partition coefficient (Wildman–Crippen LogP) is 1.99. The summed E-state index contributed by atoms with van der Waals surface area (Å²) in [5.41, 5.74) is 7.21. The van der Waals surface area contributed by atoms with E-state index >= 15 is 0 Å². The number of nitrogens with one attached hydrogen (secondary N) is 2. The quantitative estimate of drug-likeness (QED) is 0.493. The van der Waals surface area contributed by atoms with Crippen LogP contribution in [0.25, 0.3) is 17.1 Å². The van der Waals surface area contributed by atoms with Crippen LogP contribution < -0.4 is 20.3 Å². The molecule has 2 amide bonds. The number of imidazole rings is 1. The first kappa shape index (κ1) is 19.9. The monoisotopic (exact) mass is 394 g/mol. The molecule has 0 saturated carbocycles. The number of carbonyl (C=O) groups excluding carboxylic acids is 2. The highest BCUT2D eigenvalue weighted by Crippen LogP contribution is 2.25. The number of aryl methyl sites for hydroxylation is 1. The van der Waals surface area contributed by atoms with Gasteiger partial charge in [0.15, 0.2) is 0 Å². The van der Waals surface area contributed by atoms with Crippen molar-refractivity contribution in [1.29, 1.82) is 0 Å². The molecular weight excluding hydrogens is 372 g/mol. The van der Waals surface area contributed by atoms with E-state index in [2.05, 4.69) is 15.8 Å². The molecule has 8 heteroatoms. The molecule has 0 bridgehead atoms. The summed E-state index contributed by atoms with van der Waals surface area (Å²) in [5, 5.41) is 0. The molecule has 0 aliphatic carbocycles. The number of para-hydroxylation sites is 2. The van der Waals surface area contributed by atoms with Gasteiger partial charge in [0.2, 0.25) is 5.91 Å². The number of amides is 2. The Hall–Kier alpha value is -3.81. The zero-order valence-electron chi connectivity index (χ0n) is 16.4. The van der Waals surface area contributed by atoms with E-state index in [4.69, 9.17) is 9.47 Å². The summed E-state index contributed by atoms with van der Waals surface area (Å²) in [5.74, 6) is 0.988. The molecule has 2 aromatic carbocycles. The number of hydrogen-bond donors (Lipinski definition) is 2. The number of methoxy groups -OCH3 is 2. The van der Waals surface area contributed by atoms with Crippen molar-refractivity contribution < 1.29 is 19.1 Å². The Morgan fingerprint density at radius 2 is 1.90 bits per heavy atom. The van der Waals surface area contributed by atoms with Crippen LogP contribution in [-0.4, -0.2) is 35.6 Å². The summed E-state index contributed by atoms with van der Waals surface area (Å²) < 4.78 is 12.3. The molecule has 1 heterocycles. The molecule has 29 heavy (non-hydrogen) atoms. The lowest BCUT2D eigenvalue weighted by Crippen LogP contribution is -2.41. The minimum atomic E-state index is -0.471. The van der Waals surface area contributed by atoms with Crippen molar-refractivity contribution in [2.75, 3.05) is 14.2 Å². The maximum Gasteiger partial charge on any atom is 0.262 e. The summed E-state index contributed by atoms with van der Waals surface area (Å²) in [7, 11) is 4.95. The average Bonchev–Trinajstić information content (AvgIpc) is 3.06. The number of hydrazine groups is 1. The van der Waals surface area contributed by atoms with Crippen molar-refractivity contribution in [3.63, 3.8) is 0 Å². The zero-order chi connectivity index (χ0) is 20.8. The lowest BCUT2D eigenvalue weighted by molar-refractivity contribution is -0.126. The first-order valence-corrected chi connectivity index (χ1v) is 8.91. The Kier molecular flexibility index (Phi) is 6.13. The van der Waals surface area contributed by atoms with Crippen molar-refractivity contribution in [2.24, 2.45) is 7.05 Å². The summed E-state index contributed by atoms with van der Waals surface area (Å²) in [6.07, 6.45) is 2.94. The number of carbonyl (C=O) groups is 2. The number of fused-ring (bicyclic) bond motifs is 1. The first-order chi connectivity index (χ1) is 14.0. The molecule has 0 saturated heterocycles. The van der Waals surface area contributed by atoms with Crippen LogP contribution in [0.1, 0.15) is 11.4 Å². The van der Waals surface area contributed by atoms with Gasteiger partial charge < -0.3 is 14.0 Å². The van der Waals surface area contributed by atoms with E-state index in [0.717, 1.165) is 11.0 Å². The predicted molar refractivity (Wildman–Crippen MR) is 109 cm³/mol. The van der Waals surface area contributed by atoms with Crippen LogP contribution in [0.5, 0.6) is 11.5 Å². The second-order valence-corrected chi connectivity index (χ2v) is 6.23. The molecule has 8 nitrogen and oxygen atoms in total. The Bertz CT molecular complexity index is 1070. The van der Waals surface area contributed by atoms with E-state index in [0.29, 0.717) is 22.9 Å². The topological polar surface area (TPSA) is 94.5 Å². The highest BCUT2D eigenvalue weighted by Gasteiger charge is 2.12. The number of rotatable bonds is 6. The van der Waals surface area contributed by atoms with Crippen LogP contribution >= 0.6 is 0 Å². The largest absolute Gasteiger partial charge is 0.497 e. The summed E-state index contributed by atoms with van der Waals surface area (Å²) >= 11 is 0. The van der Waals surface area contributed by atoms with Crippen molar-refractivity contribution in [2.45, 2.75) is 6.42 Å². The average molecular weight is 394 g/mol. The van der Waals surface area contributed by atoms with E-state index in [-0.39, 0.29) is 12.3 Å².